The zero-order chi connectivity index (χ0) is 25.1. The van der Waals surface area contributed by atoms with Crippen molar-refractivity contribution in [2.75, 3.05) is 39.2 Å². The van der Waals surface area contributed by atoms with E-state index in [1.807, 2.05) is 13.1 Å². The van der Waals surface area contributed by atoms with Crippen LogP contribution in [0.1, 0.15) is 49.3 Å². The highest BCUT2D eigenvalue weighted by Crippen LogP contribution is 2.32. The molecule has 4 heterocycles. The van der Waals surface area contributed by atoms with E-state index in [9.17, 15) is 9.18 Å². The fourth-order valence-electron chi connectivity index (χ4n) is 5.30. The van der Waals surface area contributed by atoms with Gasteiger partial charge in [-0.15, -0.1) is 0 Å². The highest BCUT2D eigenvalue weighted by Gasteiger charge is 2.35. The van der Waals surface area contributed by atoms with Crippen LogP contribution >= 0.6 is 0 Å². The number of nitrogens with one attached hydrogen (secondary N) is 2. The first-order valence-corrected chi connectivity index (χ1v) is 12.7. The number of hydrogen-bond donors (Lipinski definition) is 2. The molecule has 0 bridgehead atoms. The first kappa shape index (κ1) is 24.7. The van der Waals surface area contributed by atoms with Gasteiger partial charge in [0.15, 0.2) is 17.7 Å². The van der Waals surface area contributed by atoms with Crippen LogP contribution in [-0.4, -0.2) is 72.9 Å². The van der Waals surface area contributed by atoms with Crippen LogP contribution in [0.25, 0.3) is 0 Å². The summed E-state index contributed by atoms with van der Waals surface area (Å²) in [5.41, 5.74) is 1.60. The predicted octanol–water partition coefficient (Wildman–Crippen LogP) is 2.86. The van der Waals surface area contributed by atoms with E-state index in [-0.39, 0.29) is 29.8 Å². The fraction of sp³-hybridized carbons (Fsp3) is 0.577. The van der Waals surface area contributed by atoms with Crippen LogP contribution in [0.4, 0.5) is 10.3 Å². The van der Waals surface area contributed by atoms with Gasteiger partial charge in [0.25, 0.3) is 5.91 Å². The van der Waals surface area contributed by atoms with Gasteiger partial charge in [-0.2, -0.15) is 4.98 Å². The SMILES string of the molecule is COc1ccc(C(NC(=O)C2CCc3cnc(NC4CCOCC4)nc3O2)C2CCCN2C)cc1F. The second-order valence-corrected chi connectivity index (χ2v) is 9.77. The van der Waals surface area contributed by atoms with Gasteiger partial charge in [0.2, 0.25) is 11.8 Å². The van der Waals surface area contributed by atoms with Crippen molar-refractivity contribution in [2.45, 2.75) is 62.8 Å². The lowest BCUT2D eigenvalue weighted by Crippen LogP contribution is -2.47. The summed E-state index contributed by atoms with van der Waals surface area (Å²) in [4.78, 5) is 24.6. The third-order valence-corrected chi connectivity index (χ3v) is 7.40. The van der Waals surface area contributed by atoms with E-state index in [1.165, 1.54) is 13.2 Å². The van der Waals surface area contributed by atoms with E-state index >= 15 is 0 Å². The Hall–Kier alpha value is -2.98. The number of fused-ring (bicyclic) bond motifs is 1. The summed E-state index contributed by atoms with van der Waals surface area (Å²) in [6, 6.07) is 4.83. The number of carbonyl (C=O) groups excluding carboxylic acids is 1. The topological polar surface area (TPSA) is 97.8 Å². The van der Waals surface area contributed by atoms with E-state index in [4.69, 9.17) is 14.2 Å². The van der Waals surface area contributed by atoms with Gasteiger partial charge in [0, 0.05) is 37.1 Å². The molecule has 2 fully saturated rings. The second kappa shape index (κ2) is 11.0. The molecule has 2 N–H and O–H groups in total. The Labute approximate surface area is 210 Å². The number of aromatic nitrogens is 2. The third-order valence-electron chi connectivity index (χ3n) is 7.40. The molecule has 3 atom stereocenters. The van der Waals surface area contributed by atoms with Crippen molar-refractivity contribution in [1.29, 1.82) is 0 Å². The molecule has 2 aromatic rings. The number of likely N-dealkylation sites (tertiary alicyclic amines) is 1. The van der Waals surface area contributed by atoms with Crippen molar-refractivity contribution in [1.82, 2.24) is 20.2 Å². The highest BCUT2D eigenvalue weighted by atomic mass is 19.1. The van der Waals surface area contributed by atoms with Crippen LogP contribution in [0.2, 0.25) is 0 Å². The summed E-state index contributed by atoms with van der Waals surface area (Å²) in [6.45, 7) is 2.37. The largest absolute Gasteiger partial charge is 0.494 e. The Bertz CT molecular complexity index is 1080. The molecule has 1 aromatic heterocycles. The minimum Gasteiger partial charge on any atom is -0.494 e. The lowest BCUT2D eigenvalue weighted by atomic mass is 9.96. The van der Waals surface area contributed by atoms with Gasteiger partial charge < -0.3 is 29.7 Å². The van der Waals surface area contributed by atoms with Crippen LogP contribution in [0.15, 0.2) is 24.4 Å². The number of benzene rings is 1. The molecular formula is C26H34FN5O4. The van der Waals surface area contributed by atoms with Crippen molar-refractivity contribution in [2.24, 2.45) is 0 Å². The van der Waals surface area contributed by atoms with Gasteiger partial charge >= 0.3 is 0 Å². The summed E-state index contributed by atoms with van der Waals surface area (Å²) in [6.07, 6.45) is 6.01. The zero-order valence-electron chi connectivity index (χ0n) is 20.8. The smallest absolute Gasteiger partial charge is 0.261 e. The Morgan fingerprint density at radius 1 is 1.25 bits per heavy atom. The quantitative estimate of drug-likeness (QED) is 0.600. The molecular weight excluding hydrogens is 465 g/mol. The van der Waals surface area contributed by atoms with E-state index < -0.39 is 11.9 Å². The summed E-state index contributed by atoms with van der Waals surface area (Å²) < 4.78 is 31.1. The summed E-state index contributed by atoms with van der Waals surface area (Å²) in [5.74, 6) is 0.455. The molecule has 2 saturated heterocycles. The molecule has 194 valence electrons. The molecule has 0 aliphatic carbocycles. The number of nitrogens with zero attached hydrogens (tertiary/aromatic N) is 3. The molecule has 0 spiro atoms. The zero-order valence-corrected chi connectivity index (χ0v) is 20.8. The van der Waals surface area contributed by atoms with Crippen LogP contribution in [0, 0.1) is 5.82 Å². The van der Waals surface area contributed by atoms with E-state index in [0.717, 1.165) is 51.0 Å². The molecule has 10 heteroatoms. The van der Waals surface area contributed by atoms with Gasteiger partial charge in [-0.25, -0.2) is 9.37 Å². The Morgan fingerprint density at radius 3 is 2.81 bits per heavy atom. The molecule has 1 aromatic carbocycles. The summed E-state index contributed by atoms with van der Waals surface area (Å²) in [7, 11) is 3.47. The lowest BCUT2D eigenvalue weighted by molar-refractivity contribution is -0.130. The molecule has 3 aliphatic rings. The van der Waals surface area contributed by atoms with Gasteiger partial charge in [-0.1, -0.05) is 6.07 Å². The number of amides is 1. The minimum absolute atomic E-state index is 0.0650. The average molecular weight is 500 g/mol. The fourth-order valence-corrected chi connectivity index (χ4v) is 5.30. The van der Waals surface area contributed by atoms with Gasteiger partial charge in [0.1, 0.15) is 0 Å². The third kappa shape index (κ3) is 5.39. The van der Waals surface area contributed by atoms with Crippen LogP contribution in [0.3, 0.4) is 0 Å². The minimum atomic E-state index is -0.680. The second-order valence-electron chi connectivity index (χ2n) is 9.77. The van der Waals surface area contributed by atoms with Crippen molar-refractivity contribution in [3.05, 3.63) is 41.3 Å². The number of anilines is 1. The Balaban J connectivity index is 1.30. The van der Waals surface area contributed by atoms with E-state index in [1.54, 1.807) is 12.3 Å². The van der Waals surface area contributed by atoms with Gasteiger partial charge in [0.05, 0.1) is 13.2 Å². The number of rotatable bonds is 7. The average Bonchev–Trinajstić information content (AvgIpc) is 3.32. The van der Waals surface area contributed by atoms with E-state index in [2.05, 4.69) is 25.5 Å². The number of ether oxygens (including phenoxy) is 3. The molecule has 0 radical (unpaired) electrons. The molecule has 5 rings (SSSR count). The van der Waals surface area contributed by atoms with Crippen molar-refractivity contribution in [3.8, 4) is 11.6 Å². The molecule has 1 amide bonds. The maximum absolute atomic E-state index is 14.6. The van der Waals surface area contributed by atoms with Gasteiger partial charge in [-0.05, 0) is 69.8 Å². The number of carbonyl (C=O) groups is 1. The first-order chi connectivity index (χ1) is 17.5. The standard InChI is InChI=1S/C26H34FN5O4/c1-32-11-3-4-20(32)23(16-5-7-21(34-2)19(27)14-16)30-24(33)22-8-6-17-15-28-26(31-25(17)36-22)29-18-9-12-35-13-10-18/h5,7,14-15,18,20,22-23H,3-4,6,8-13H2,1-2H3,(H,30,33)(H,28,29,31). The molecule has 3 aliphatic heterocycles. The number of methoxy groups -OCH3 is 1. The molecule has 3 unspecified atom stereocenters. The summed E-state index contributed by atoms with van der Waals surface area (Å²) >= 11 is 0. The molecule has 36 heavy (non-hydrogen) atoms. The number of hydrogen-bond acceptors (Lipinski definition) is 8. The summed E-state index contributed by atoms with van der Waals surface area (Å²) in [5, 5.41) is 6.52. The lowest BCUT2D eigenvalue weighted by Gasteiger charge is -2.32. The van der Waals surface area contributed by atoms with Crippen LogP contribution in [-0.2, 0) is 16.0 Å². The Kier molecular flexibility index (Phi) is 7.52. The van der Waals surface area contributed by atoms with Crippen molar-refractivity contribution in [3.63, 3.8) is 0 Å². The Morgan fingerprint density at radius 2 is 2.08 bits per heavy atom. The number of likely N-dealkylation sites (N-methyl/N-ethyl adjacent to an activating group) is 1. The predicted molar refractivity (Wildman–Crippen MR) is 132 cm³/mol. The highest BCUT2D eigenvalue weighted by molar-refractivity contribution is 5.82. The molecule has 9 nitrogen and oxygen atoms in total. The maximum Gasteiger partial charge on any atom is 0.261 e. The monoisotopic (exact) mass is 499 g/mol. The van der Waals surface area contributed by atoms with Crippen molar-refractivity contribution < 1.29 is 23.4 Å². The first-order valence-electron chi connectivity index (χ1n) is 12.7. The number of halogens is 1. The van der Waals surface area contributed by atoms with E-state index in [0.29, 0.717) is 30.2 Å². The maximum atomic E-state index is 14.6. The normalized spacial score (nSPS) is 23.4. The molecule has 0 saturated carbocycles. The number of aryl methyl sites for hydroxylation is 1. The van der Waals surface area contributed by atoms with Crippen molar-refractivity contribution >= 4 is 11.9 Å². The van der Waals surface area contributed by atoms with Gasteiger partial charge in [-0.3, -0.25) is 4.79 Å². The van der Waals surface area contributed by atoms with Crippen LogP contribution < -0.4 is 20.1 Å². The van der Waals surface area contributed by atoms with Crippen LogP contribution in [0.5, 0.6) is 11.6 Å².